The summed E-state index contributed by atoms with van der Waals surface area (Å²) in [5.74, 6) is -2.37. The number of ether oxygens (including phenoxy) is 1. The second-order valence-corrected chi connectivity index (χ2v) is 23.3. The number of rotatable bonds is 12. The number of hydrogen-bond donors (Lipinski definition) is 4. The van der Waals surface area contributed by atoms with E-state index in [1.807, 2.05) is 30.0 Å². The molecule has 15 nitrogen and oxygen atoms in total. The second-order valence-electron chi connectivity index (χ2n) is 19.2. The fourth-order valence-corrected chi connectivity index (χ4v) is 14.8. The molecule has 0 aliphatic carbocycles. The average molecular weight is 1040 g/mol. The number of hydrogen-bond acceptors (Lipinski definition) is 13. The normalized spacial score (nSPS) is 20.2. The van der Waals surface area contributed by atoms with Gasteiger partial charge in [0.25, 0.3) is 0 Å². The lowest BCUT2D eigenvalue weighted by atomic mass is 9.89. The number of nitrogens with zero attached hydrogens (tertiary/aromatic N) is 7. The number of fused-ring (bicyclic) bond motifs is 1. The zero-order valence-electron chi connectivity index (χ0n) is 39.7. The fourth-order valence-electron chi connectivity index (χ4n) is 11.1. The van der Waals surface area contributed by atoms with Crippen LogP contribution in [-0.2, 0) is 20.8 Å². The van der Waals surface area contributed by atoms with Crippen LogP contribution >= 0.6 is 23.4 Å². The number of imide groups is 1. The van der Waals surface area contributed by atoms with Crippen LogP contribution in [0.4, 0.5) is 43.3 Å². The first-order valence-corrected chi connectivity index (χ1v) is 27.3. The van der Waals surface area contributed by atoms with Crippen molar-refractivity contribution in [3.05, 3.63) is 87.7 Å². The second kappa shape index (κ2) is 19.9. The zero-order valence-corrected chi connectivity index (χ0v) is 42.2. The Hall–Kier alpha value is -5.55. The van der Waals surface area contributed by atoms with Crippen LogP contribution in [0.5, 0.6) is 5.75 Å². The smallest absolute Gasteiger partial charge is 0.234 e. The molecule has 0 bridgehead atoms. The van der Waals surface area contributed by atoms with Crippen molar-refractivity contribution >= 4 is 91.9 Å². The first kappa shape index (κ1) is 48.1. The van der Waals surface area contributed by atoms with Crippen molar-refractivity contribution in [2.24, 2.45) is 5.92 Å². The van der Waals surface area contributed by atoms with E-state index in [9.17, 15) is 19.3 Å². The molecule has 7 heterocycles. The predicted molar refractivity (Wildman–Crippen MR) is 273 cm³/mol. The van der Waals surface area contributed by atoms with Crippen LogP contribution in [0.25, 0.3) is 10.9 Å². The summed E-state index contributed by atoms with van der Waals surface area (Å²) in [6.07, 6.45) is 8.19. The van der Waals surface area contributed by atoms with Gasteiger partial charge >= 0.3 is 0 Å². The van der Waals surface area contributed by atoms with Gasteiger partial charge in [0.05, 0.1) is 40.3 Å². The number of benzene rings is 3. The Morgan fingerprint density at radius 3 is 2.33 bits per heavy atom. The molecule has 5 aliphatic rings. The van der Waals surface area contributed by atoms with Gasteiger partial charge in [-0.25, -0.2) is 13.8 Å². The number of pyridine rings is 1. The van der Waals surface area contributed by atoms with Crippen molar-refractivity contribution in [3.63, 3.8) is 0 Å². The number of carbonyl (C=O) groups is 3. The van der Waals surface area contributed by atoms with E-state index in [4.69, 9.17) is 14.7 Å². The number of carbonyl (C=O) groups excluding carboxylic acids is 3. The minimum Gasteiger partial charge on any atom is -0.494 e. The molecule has 70 heavy (non-hydrogen) atoms. The summed E-state index contributed by atoms with van der Waals surface area (Å²) in [6.45, 7) is 9.49. The number of aromatic nitrogens is 3. The number of methoxy groups -OCH3 is 1. The first-order chi connectivity index (χ1) is 33.8. The highest BCUT2D eigenvalue weighted by Crippen LogP contribution is 2.61. The highest BCUT2D eigenvalue weighted by Gasteiger charge is 2.40. The molecular formula is C51H59BrF2N10O5P. The van der Waals surface area contributed by atoms with Crippen LogP contribution in [0.3, 0.4) is 0 Å². The molecule has 3 amide bonds. The van der Waals surface area contributed by atoms with Gasteiger partial charge in [-0.15, -0.1) is 0 Å². The molecule has 4 N–H and O–H groups in total. The Labute approximate surface area is 415 Å². The van der Waals surface area contributed by atoms with Crippen LogP contribution in [0, 0.1) is 24.5 Å². The Balaban J connectivity index is 0.741. The zero-order chi connectivity index (χ0) is 48.8. The topological polar surface area (TPSA) is 168 Å². The van der Waals surface area contributed by atoms with E-state index < -0.39 is 36.9 Å². The van der Waals surface area contributed by atoms with E-state index in [-0.39, 0.29) is 30.2 Å². The van der Waals surface area contributed by atoms with Gasteiger partial charge in [-0.05, 0) is 116 Å². The van der Waals surface area contributed by atoms with Crippen LogP contribution in [0.2, 0.25) is 0 Å². The van der Waals surface area contributed by atoms with Crippen LogP contribution in [0.15, 0.2) is 59.2 Å². The van der Waals surface area contributed by atoms with Crippen molar-refractivity contribution in [1.82, 2.24) is 30.1 Å². The molecular weight excluding hydrogens is 981 g/mol. The first-order valence-electron chi connectivity index (χ1n) is 24.4. The molecule has 3 aromatic carbocycles. The summed E-state index contributed by atoms with van der Waals surface area (Å²) in [7, 11) is -0.731. The van der Waals surface area contributed by atoms with Gasteiger partial charge in [0.1, 0.15) is 23.2 Å². The van der Waals surface area contributed by atoms with E-state index in [0.29, 0.717) is 59.9 Å². The molecule has 1 unspecified atom stereocenters. The number of piperidine rings is 2. The quantitative estimate of drug-likeness (QED) is 0.0716. The number of anilines is 6. The third kappa shape index (κ3) is 9.51. The lowest BCUT2D eigenvalue weighted by molar-refractivity contribution is -0.138. The van der Waals surface area contributed by atoms with Crippen LogP contribution in [0.1, 0.15) is 68.2 Å². The minimum atomic E-state index is -2.40. The number of amides is 3. The molecule has 0 saturated carbocycles. The van der Waals surface area contributed by atoms with Gasteiger partial charge in [0.15, 0.2) is 0 Å². The highest BCUT2D eigenvalue weighted by atomic mass is 79.9. The van der Waals surface area contributed by atoms with Crippen molar-refractivity contribution < 1.29 is 32.8 Å². The molecule has 19 heteroatoms. The van der Waals surface area contributed by atoms with Gasteiger partial charge in [-0.2, -0.15) is 4.98 Å². The minimum absolute atomic E-state index is 0.0281. The molecule has 0 spiro atoms. The maximum atomic E-state index is 15.2. The van der Waals surface area contributed by atoms with Gasteiger partial charge in [0, 0.05) is 118 Å². The monoisotopic (exact) mass is 1040 g/mol. The summed E-state index contributed by atoms with van der Waals surface area (Å²) < 4.78 is 37.1. The van der Waals surface area contributed by atoms with Gasteiger partial charge in [-0.1, -0.05) is 13.0 Å². The summed E-state index contributed by atoms with van der Waals surface area (Å²) in [5, 5.41) is 11.1. The molecule has 5 aromatic rings. The van der Waals surface area contributed by atoms with Crippen molar-refractivity contribution in [2.45, 2.75) is 70.8 Å². The molecule has 1 atom stereocenters. The van der Waals surface area contributed by atoms with E-state index in [2.05, 4.69) is 71.8 Å². The predicted octanol–water partition coefficient (Wildman–Crippen LogP) is 7.55. The largest absolute Gasteiger partial charge is 0.494 e. The summed E-state index contributed by atoms with van der Waals surface area (Å²) in [6, 6.07) is 15.2. The number of piperazine rings is 1. The average Bonchev–Trinajstić information content (AvgIpc) is 3.79. The van der Waals surface area contributed by atoms with Gasteiger partial charge in [-0.3, -0.25) is 29.6 Å². The van der Waals surface area contributed by atoms with E-state index in [0.717, 1.165) is 110 Å². The lowest BCUT2D eigenvalue weighted by Crippen LogP contribution is -2.59. The third-order valence-corrected chi connectivity index (χ3v) is 18.9. The SMILES string of the molecule is CCc1cc(Nc2ncc(Br)c(Nc3ccc4nc(C)ccc4c3[P]3(O)CCCC3)n2)c(OC)cc1N1CCC(N2CCN(C(=O)C3CN(c4cc(F)c(C5CCC(=O)NC5=O)c(F)c4)C3)CC2)CC1. The molecule has 10 rings (SSSR count). The van der Waals surface area contributed by atoms with E-state index in [1.54, 1.807) is 18.2 Å². The van der Waals surface area contributed by atoms with Crippen LogP contribution < -0.4 is 35.8 Å². The standard InChI is InChI=1S/C51H59BrF2N10O5P/c1-4-31-23-42(58-51-55-27-37(52)48(60-51)57-41-11-10-40-35(8-7-30(2)56-40)47(41)70(68)21-5-6-22-70)44(69-3)26-43(31)62-15-13-33(14-16-62)61-17-19-63(20-18-61)50(67)32-28-64(29-32)34-24-38(53)46(39(54)25-34)36-9-12-45(65)59-49(36)66/h7-8,10-11,23-27,32-33,36,68H,4-6,9,12-22,28-29H2,1-3H3,(H,59,65,66)(H2,55,57,58,60). The van der Waals surface area contributed by atoms with Crippen molar-refractivity contribution in [1.29, 1.82) is 0 Å². The molecule has 5 saturated heterocycles. The van der Waals surface area contributed by atoms with Crippen molar-refractivity contribution in [3.8, 4) is 5.75 Å². The Morgan fingerprint density at radius 1 is 0.914 bits per heavy atom. The molecule has 1 radical (unpaired) electrons. The van der Waals surface area contributed by atoms with Gasteiger partial charge in [0.2, 0.25) is 23.7 Å². The summed E-state index contributed by atoms with van der Waals surface area (Å²) >= 11 is 3.67. The van der Waals surface area contributed by atoms with Crippen LogP contribution in [-0.4, -0.2) is 125 Å². The van der Waals surface area contributed by atoms with Gasteiger partial charge < -0.3 is 35.0 Å². The molecule has 5 aliphatic heterocycles. The Morgan fingerprint density at radius 2 is 1.64 bits per heavy atom. The fraction of sp³-hybridized carbons (Fsp3) is 0.451. The Kier molecular flexibility index (Phi) is 13.7. The molecule has 2 aromatic heterocycles. The maximum Gasteiger partial charge on any atom is 0.234 e. The molecule has 5 fully saturated rings. The molecule has 369 valence electrons. The third-order valence-electron chi connectivity index (χ3n) is 14.9. The summed E-state index contributed by atoms with van der Waals surface area (Å²) in [4.78, 5) is 72.4. The van der Waals surface area contributed by atoms with Crippen molar-refractivity contribution in [2.75, 3.05) is 92.2 Å². The highest BCUT2D eigenvalue weighted by molar-refractivity contribution is 9.10. The lowest BCUT2D eigenvalue weighted by Gasteiger charge is -2.46. The maximum absolute atomic E-state index is 15.2. The summed E-state index contributed by atoms with van der Waals surface area (Å²) in [5.41, 5.74) is 5.73. The Bertz CT molecular complexity index is 2830. The number of aryl methyl sites for hydroxylation is 2. The van der Waals surface area contributed by atoms with E-state index in [1.165, 1.54) is 17.7 Å². The number of halogens is 3. The van der Waals surface area contributed by atoms with E-state index >= 15 is 8.78 Å². The number of nitrogens with one attached hydrogen (secondary N) is 3.